The predicted octanol–water partition coefficient (Wildman–Crippen LogP) is 3.94. The molecule has 0 spiro atoms. The number of piperidine rings is 1. The van der Waals surface area contributed by atoms with E-state index in [-0.39, 0.29) is 11.9 Å². The number of amides is 1. The van der Waals surface area contributed by atoms with Crippen molar-refractivity contribution in [1.29, 1.82) is 0 Å². The summed E-state index contributed by atoms with van der Waals surface area (Å²) in [5.41, 5.74) is 6.93. The maximum absolute atomic E-state index is 12.9. The molecule has 0 saturated carbocycles. The van der Waals surface area contributed by atoms with Crippen LogP contribution in [0.1, 0.15) is 28.8 Å². The number of likely N-dealkylation sites (tertiary alicyclic amines) is 1. The van der Waals surface area contributed by atoms with Crippen molar-refractivity contribution in [2.45, 2.75) is 25.1 Å². The number of hydrogen-bond donors (Lipinski definition) is 1. The lowest BCUT2D eigenvalue weighted by molar-refractivity contribution is -0.137. The average molecular weight is 348 g/mol. The van der Waals surface area contributed by atoms with Crippen LogP contribution in [0.3, 0.4) is 0 Å². The number of carbonyl (C=O) groups is 1. The van der Waals surface area contributed by atoms with Gasteiger partial charge in [-0.1, -0.05) is 30.3 Å². The van der Waals surface area contributed by atoms with Crippen LogP contribution < -0.4 is 5.73 Å². The van der Waals surface area contributed by atoms with Gasteiger partial charge in [0.05, 0.1) is 5.56 Å². The third-order valence-electron chi connectivity index (χ3n) is 4.43. The Balaban J connectivity index is 1.92. The summed E-state index contributed by atoms with van der Waals surface area (Å²) in [4.78, 5) is 14.6. The summed E-state index contributed by atoms with van der Waals surface area (Å²) in [5, 5.41) is 0. The molecule has 132 valence electrons. The van der Waals surface area contributed by atoms with Gasteiger partial charge in [-0.25, -0.2) is 0 Å². The summed E-state index contributed by atoms with van der Waals surface area (Å²) in [6.07, 6.45) is -2.63. The Morgan fingerprint density at radius 3 is 2.40 bits per heavy atom. The molecule has 1 aliphatic rings. The van der Waals surface area contributed by atoms with E-state index in [4.69, 9.17) is 5.73 Å². The second kappa shape index (κ2) is 6.88. The molecule has 2 aromatic carbocycles. The van der Waals surface area contributed by atoms with Gasteiger partial charge in [-0.15, -0.1) is 0 Å². The number of alkyl halides is 3. The Bertz CT molecular complexity index is 756. The zero-order valence-corrected chi connectivity index (χ0v) is 13.6. The van der Waals surface area contributed by atoms with Crippen molar-refractivity contribution >= 4 is 5.91 Å². The topological polar surface area (TPSA) is 46.3 Å². The van der Waals surface area contributed by atoms with Gasteiger partial charge in [-0.2, -0.15) is 13.2 Å². The lowest BCUT2D eigenvalue weighted by Gasteiger charge is -2.31. The molecule has 3 rings (SSSR count). The standard InChI is InChI=1S/C19H19F3N2O/c20-19(21,22)14-9-7-13(8-10-14)16-5-1-2-6-17(16)18(25)24-11-3-4-15(23)12-24/h1-2,5-10,15H,3-4,11-12,23H2. The molecule has 1 aliphatic heterocycles. The first-order valence-electron chi connectivity index (χ1n) is 8.18. The molecule has 1 heterocycles. The Kier molecular flexibility index (Phi) is 4.81. The maximum atomic E-state index is 12.9. The highest BCUT2D eigenvalue weighted by Crippen LogP contribution is 2.32. The Labute approximate surface area is 144 Å². The van der Waals surface area contributed by atoms with E-state index in [0.29, 0.717) is 29.8 Å². The van der Waals surface area contributed by atoms with E-state index in [1.165, 1.54) is 12.1 Å². The van der Waals surface area contributed by atoms with Crippen LogP contribution in [0, 0.1) is 0 Å². The molecule has 1 unspecified atom stereocenters. The minimum absolute atomic E-state index is 0.0315. The van der Waals surface area contributed by atoms with Gasteiger partial charge in [0.25, 0.3) is 5.91 Å². The quantitative estimate of drug-likeness (QED) is 0.894. The van der Waals surface area contributed by atoms with Crippen molar-refractivity contribution in [1.82, 2.24) is 4.90 Å². The lowest BCUT2D eigenvalue weighted by Crippen LogP contribution is -2.45. The van der Waals surface area contributed by atoms with E-state index in [9.17, 15) is 18.0 Å². The smallest absolute Gasteiger partial charge is 0.337 e. The number of benzene rings is 2. The zero-order valence-electron chi connectivity index (χ0n) is 13.6. The van der Waals surface area contributed by atoms with Crippen LogP contribution in [0.5, 0.6) is 0 Å². The Morgan fingerprint density at radius 2 is 1.76 bits per heavy atom. The summed E-state index contributed by atoms with van der Waals surface area (Å²) in [7, 11) is 0. The monoisotopic (exact) mass is 348 g/mol. The highest BCUT2D eigenvalue weighted by molar-refractivity contribution is 6.01. The fourth-order valence-electron chi connectivity index (χ4n) is 3.12. The van der Waals surface area contributed by atoms with Crippen LogP contribution in [-0.4, -0.2) is 29.9 Å². The molecule has 0 aromatic heterocycles. The molecule has 1 saturated heterocycles. The van der Waals surface area contributed by atoms with E-state index in [1.54, 1.807) is 29.2 Å². The summed E-state index contributed by atoms with van der Waals surface area (Å²) in [5.74, 6) is -0.134. The third-order valence-corrected chi connectivity index (χ3v) is 4.43. The van der Waals surface area contributed by atoms with Gasteiger partial charge in [-0.05, 0) is 42.2 Å². The van der Waals surface area contributed by atoms with Crippen LogP contribution in [0.2, 0.25) is 0 Å². The summed E-state index contributed by atoms with van der Waals surface area (Å²) < 4.78 is 38.2. The number of rotatable bonds is 2. The highest BCUT2D eigenvalue weighted by atomic mass is 19.4. The van der Waals surface area contributed by atoms with Gasteiger partial charge < -0.3 is 10.6 Å². The third kappa shape index (κ3) is 3.85. The molecule has 0 bridgehead atoms. The molecule has 25 heavy (non-hydrogen) atoms. The van der Waals surface area contributed by atoms with Gasteiger partial charge in [0.15, 0.2) is 0 Å². The fourth-order valence-corrected chi connectivity index (χ4v) is 3.12. The SMILES string of the molecule is NC1CCCN(C(=O)c2ccccc2-c2ccc(C(F)(F)F)cc2)C1. The van der Waals surface area contributed by atoms with Gasteiger partial charge >= 0.3 is 6.18 Å². The van der Waals surface area contributed by atoms with E-state index in [0.717, 1.165) is 25.0 Å². The van der Waals surface area contributed by atoms with Crippen LogP contribution in [-0.2, 0) is 6.18 Å². The first-order valence-corrected chi connectivity index (χ1v) is 8.18. The zero-order chi connectivity index (χ0) is 18.0. The van der Waals surface area contributed by atoms with Gasteiger partial charge in [0.1, 0.15) is 0 Å². The normalized spacial score (nSPS) is 18.2. The van der Waals surface area contributed by atoms with Crippen LogP contribution in [0.25, 0.3) is 11.1 Å². The number of nitrogens with two attached hydrogens (primary N) is 1. The Morgan fingerprint density at radius 1 is 1.08 bits per heavy atom. The van der Waals surface area contributed by atoms with Crippen molar-refractivity contribution in [3.8, 4) is 11.1 Å². The van der Waals surface area contributed by atoms with E-state index >= 15 is 0 Å². The molecule has 1 fully saturated rings. The number of halogens is 3. The number of nitrogens with zero attached hydrogens (tertiary/aromatic N) is 1. The molecule has 3 nitrogen and oxygen atoms in total. The maximum Gasteiger partial charge on any atom is 0.416 e. The van der Waals surface area contributed by atoms with Crippen molar-refractivity contribution in [2.24, 2.45) is 5.73 Å². The average Bonchev–Trinajstić information content (AvgIpc) is 2.60. The summed E-state index contributed by atoms with van der Waals surface area (Å²) >= 11 is 0. The first kappa shape index (κ1) is 17.5. The van der Waals surface area contributed by atoms with E-state index in [1.807, 2.05) is 0 Å². The van der Waals surface area contributed by atoms with Crippen molar-refractivity contribution < 1.29 is 18.0 Å². The van der Waals surface area contributed by atoms with Crippen LogP contribution >= 0.6 is 0 Å². The molecule has 1 atom stereocenters. The highest BCUT2D eigenvalue weighted by Gasteiger charge is 2.30. The summed E-state index contributed by atoms with van der Waals surface area (Å²) in [6, 6.07) is 11.8. The van der Waals surface area contributed by atoms with Crippen molar-refractivity contribution in [3.05, 3.63) is 59.7 Å². The van der Waals surface area contributed by atoms with E-state index in [2.05, 4.69) is 0 Å². The molecule has 6 heteroatoms. The van der Waals surface area contributed by atoms with E-state index < -0.39 is 11.7 Å². The molecular weight excluding hydrogens is 329 g/mol. The summed E-state index contributed by atoms with van der Waals surface area (Å²) in [6.45, 7) is 1.15. The van der Waals surface area contributed by atoms with Gasteiger partial charge in [0, 0.05) is 24.7 Å². The fraction of sp³-hybridized carbons (Fsp3) is 0.316. The number of carbonyl (C=O) groups excluding carboxylic acids is 1. The first-order chi connectivity index (χ1) is 11.9. The van der Waals surface area contributed by atoms with Crippen LogP contribution in [0.15, 0.2) is 48.5 Å². The molecular formula is C19H19F3N2O. The second-order valence-electron chi connectivity index (χ2n) is 6.27. The largest absolute Gasteiger partial charge is 0.416 e. The van der Waals surface area contributed by atoms with Gasteiger partial charge in [-0.3, -0.25) is 4.79 Å². The molecule has 2 N–H and O–H groups in total. The van der Waals surface area contributed by atoms with Crippen LogP contribution in [0.4, 0.5) is 13.2 Å². The molecule has 2 aromatic rings. The molecule has 1 amide bonds. The second-order valence-corrected chi connectivity index (χ2v) is 6.27. The lowest BCUT2D eigenvalue weighted by atomic mass is 9.97. The predicted molar refractivity (Wildman–Crippen MR) is 90.0 cm³/mol. The minimum Gasteiger partial charge on any atom is -0.337 e. The Hall–Kier alpha value is -2.34. The number of hydrogen-bond acceptors (Lipinski definition) is 2. The minimum atomic E-state index is -4.38. The van der Waals surface area contributed by atoms with Gasteiger partial charge in [0.2, 0.25) is 0 Å². The van der Waals surface area contributed by atoms with Crippen molar-refractivity contribution in [3.63, 3.8) is 0 Å². The molecule has 0 radical (unpaired) electrons. The van der Waals surface area contributed by atoms with Crippen molar-refractivity contribution in [2.75, 3.05) is 13.1 Å². The molecule has 0 aliphatic carbocycles.